The topological polar surface area (TPSA) is 53.9 Å². The molecular formula is C15H19N5. The molecule has 0 unspecified atom stereocenters. The fourth-order valence-electron chi connectivity index (χ4n) is 2.41. The number of rotatable bonds is 2. The third-order valence-electron chi connectivity index (χ3n) is 3.42. The van der Waals surface area contributed by atoms with Crippen molar-refractivity contribution < 1.29 is 0 Å². The van der Waals surface area contributed by atoms with Crippen molar-refractivity contribution in [3.05, 3.63) is 36.3 Å². The van der Waals surface area contributed by atoms with Gasteiger partial charge in [0.05, 0.1) is 0 Å². The second-order valence-electron chi connectivity index (χ2n) is 5.02. The minimum absolute atomic E-state index is 0.755. The molecule has 104 valence electrons. The fraction of sp³-hybridized carbons (Fsp3) is 0.400. The lowest BCUT2D eigenvalue weighted by atomic mass is 10.2. The van der Waals surface area contributed by atoms with Gasteiger partial charge in [-0.05, 0) is 32.0 Å². The number of nitrogens with zero attached hydrogens (tertiary/aromatic N) is 4. The summed E-state index contributed by atoms with van der Waals surface area (Å²) in [7, 11) is 0. The van der Waals surface area contributed by atoms with Crippen LogP contribution in [-0.4, -0.2) is 41.1 Å². The summed E-state index contributed by atoms with van der Waals surface area (Å²) in [6, 6.07) is 5.97. The zero-order chi connectivity index (χ0) is 13.8. The van der Waals surface area contributed by atoms with Crippen LogP contribution in [0.4, 0.5) is 5.82 Å². The minimum atomic E-state index is 0.755. The predicted octanol–water partition coefficient (Wildman–Crippen LogP) is 1.65. The molecule has 0 aromatic carbocycles. The Morgan fingerprint density at radius 1 is 1.20 bits per heavy atom. The monoisotopic (exact) mass is 269 g/mol. The van der Waals surface area contributed by atoms with Gasteiger partial charge in [-0.25, -0.2) is 9.97 Å². The number of nitrogens with one attached hydrogen (secondary N) is 1. The summed E-state index contributed by atoms with van der Waals surface area (Å²) in [5.74, 6) is 1.77. The standard InChI is InChI=1S/C15H19N5/c1-12-10-14(20-8-3-6-16-7-9-20)19-15(18-12)13-4-2-5-17-11-13/h2,4-5,10-11,16H,3,6-9H2,1H3. The van der Waals surface area contributed by atoms with E-state index in [9.17, 15) is 0 Å². The van der Waals surface area contributed by atoms with Crippen LogP contribution in [0.25, 0.3) is 11.4 Å². The molecule has 2 aromatic rings. The van der Waals surface area contributed by atoms with Crippen molar-refractivity contribution in [2.75, 3.05) is 31.1 Å². The van der Waals surface area contributed by atoms with Crippen molar-refractivity contribution >= 4 is 5.82 Å². The largest absolute Gasteiger partial charge is 0.355 e. The molecule has 5 heteroatoms. The molecule has 1 fully saturated rings. The van der Waals surface area contributed by atoms with Crippen LogP contribution >= 0.6 is 0 Å². The van der Waals surface area contributed by atoms with E-state index in [1.54, 1.807) is 6.20 Å². The highest BCUT2D eigenvalue weighted by molar-refractivity contribution is 5.56. The SMILES string of the molecule is Cc1cc(N2CCCNCC2)nc(-c2cccnc2)n1. The van der Waals surface area contributed by atoms with Gasteiger partial charge >= 0.3 is 0 Å². The highest BCUT2D eigenvalue weighted by atomic mass is 15.2. The van der Waals surface area contributed by atoms with Crippen LogP contribution < -0.4 is 10.2 Å². The van der Waals surface area contributed by atoms with E-state index in [1.807, 2.05) is 25.3 Å². The molecule has 1 N–H and O–H groups in total. The lowest BCUT2D eigenvalue weighted by molar-refractivity contribution is 0.724. The maximum Gasteiger partial charge on any atom is 0.163 e. The Bertz CT molecular complexity index is 562. The molecule has 1 saturated heterocycles. The average molecular weight is 269 g/mol. The van der Waals surface area contributed by atoms with Crippen LogP contribution in [-0.2, 0) is 0 Å². The van der Waals surface area contributed by atoms with Crippen molar-refractivity contribution in [3.8, 4) is 11.4 Å². The minimum Gasteiger partial charge on any atom is -0.355 e. The number of aryl methyl sites for hydroxylation is 1. The van der Waals surface area contributed by atoms with Gasteiger partial charge in [-0.1, -0.05) is 0 Å². The van der Waals surface area contributed by atoms with Crippen molar-refractivity contribution in [2.24, 2.45) is 0 Å². The first-order valence-electron chi connectivity index (χ1n) is 7.05. The quantitative estimate of drug-likeness (QED) is 0.898. The maximum atomic E-state index is 4.72. The first kappa shape index (κ1) is 13.0. The Labute approximate surface area is 119 Å². The van der Waals surface area contributed by atoms with E-state index in [0.717, 1.165) is 55.5 Å². The molecule has 1 aliphatic rings. The van der Waals surface area contributed by atoms with Gasteiger partial charge in [0.25, 0.3) is 0 Å². The first-order valence-corrected chi connectivity index (χ1v) is 7.05. The normalized spacial score (nSPS) is 15.9. The van der Waals surface area contributed by atoms with E-state index in [0.29, 0.717) is 0 Å². The van der Waals surface area contributed by atoms with E-state index in [2.05, 4.69) is 26.3 Å². The van der Waals surface area contributed by atoms with Gasteiger partial charge in [-0.3, -0.25) is 4.98 Å². The van der Waals surface area contributed by atoms with Crippen molar-refractivity contribution in [1.29, 1.82) is 0 Å². The summed E-state index contributed by atoms with van der Waals surface area (Å²) >= 11 is 0. The first-order chi connectivity index (χ1) is 9.83. The van der Waals surface area contributed by atoms with Crippen LogP contribution in [0.2, 0.25) is 0 Å². The molecule has 2 aromatic heterocycles. The van der Waals surface area contributed by atoms with Crippen molar-refractivity contribution in [1.82, 2.24) is 20.3 Å². The van der Waals surface area contributed by atoms with E-state index in [4.69, 9.17) is 4.98 Å². The Kier molecular flexibility index (Phi) is 3.87. The number of pyridine rings is 1. The second kappa shape index (κ2) is 5.96. The highest BCUT2D eigenvalue weighted by Gasteiger charge is 2.13. The molecule has 1 aliphatic heterocycles. The van der Waals surface area contributed by atoms with Crippen LogP contribution in [0, 0.1) is 6.92 Å². The van der Waals surface area contributed by atoms with Crippen LogP contribution in [0.1, 0.15) is 12.1 Å². The summed E-state index contributed by atoms with van der Waals surface area (Å²) in [6.07, 6.45) is 4.72. The molecule has 20 heavy (non-hydrogen) atoms. The second-order valence-corrected chi connectivity index (χ2v) is 5.02. The molecular weight excluding hydrogens is 250 g/mol. The average Bonchev–Trinajstić information content (AvgIpc) is 2.77. The lowest BCUT2D eigenvalue weighted by Crippen LogP contribution is -2.28. The van der Waals surface area contributed by atoms with E-state index >= 15 is 0 Å². The molecule has 0 spiro atoms. The molecule has 0 amide bonds. The number of anilines is 1. The summed E-state index contributed by atoms with van der Waals surface area (Å²) < 4.78 is 0. The summed E-state index contributed by atoms with van der Waals surface area (Å²) in [4.78, 5) is 15.7. The summed E-state index contributed by atoms with van der Waals surface area (Å²) in [5, 5.41) is 3.41. The van der Waals surface area contributed by atoms with E-state index in [1.165, 1.54) is 0 Å². The summed E-state index contributed by atoms with van der Waals surface area (Å²) in [6.45, 7) is 6.13. The molecule has 3 heterocycles. The third-order valence-corrected chi connectivity index (χ3v) is 3.42. The zero-order valence-electron chi connectivity index (χ0n) is 11.7. The number of hydrogen-bond donors (Lipinski definition) is 1. The van der Waals surface area contributed by atoms with Crippen molar-refractivity contribution in [3.63, 3.8) is 0 Å². The van der Waals surface area contributed by atoms with Gasteiger partial charge in [0.1, 0.15) is 5.82 Å². The molecule has 0 saturated carbocycles. The van der Waals surface area contributed by atoms with Crippen LogP contribution in [0.3, 0.4) is 0 Å². The zero-order valence-corrected chi connectivity index (χ0v) is 11.7. The Morgan fingerprint density at radius 3 is 3.00 bits per heavy atom. The highest BCUT2D eigenvalue weighted by Crippen LogP contribution is 2.19. The molecule has 0 radical (unpaired) electrons. The van der Waals surface area contributed by atoms with E-state index < -0.39 is 0 Å². The predicted molar refractivity (Wildman–Crippen MR) is 79.7 cm³/mol. The summed E-state index contributed by atoms with van der Waals surface area (Å²) in [5.41, 5.74) is 1.96. The lowest BCUT2D eigenvalue weighted by Gasteiger charge is -2.21. The van der Waals surface area contributed by atoms with Crippen molar-refractivity contribution in [2.45, 2.75) is 13.3 Å². The number of hydrogen-bond acceptors (Lipinski definition) is 5. The molecule has 3 rings (SSSR count). The molecule has 0 aliphatic carbocycles. The number of aromatic nitrogens is 3. The molecule has 5 nitrogen and oxygen atoms in total. The Balaban J connectivity index is 1.94. The van der Waals surface area contributed by atoms with Gasteiger partial charge in [0, 0.05) is 49.4 Å². The Hall–Kier alpha value is -2.01. The fourth-order valence-corrected chi connectivity index (χ4v) is 2.41. The third kappa shape index (κ3) is 2.93. The van der Waals surface area contributed by atoms with Gasteiger partial charge in [0.15, 0.2) is 5.82 Å². The maximum absolute atomic E-state index is 4.72. The Morgan fingerprint density at radius 2 is 2.15 bits per heavy atom. The van der Waals surface area contributed by atoms with E-state index in [-0.39, 0.29) is 0 Å². The molecule has 0 bridgehead atoms. The van der Waals surface area contributed by atoms with Gasteiger partial charge < -0.3 is 10.2 Å². The molecule has 0 atom stereocenters. The van der Waals surface area contributed by atoms with Gasteiger partial charge in [0.2, 0.25) is 0 Å². The van der Waals surface area contributed by atoms with Gasteiger partial charge in [-0.15, -0.1) is 0 Å². The van der Waals surface area contributed by atoms with Crippen LogP contribution in [0.5, 0.6) is 0 Å². The smallest absolute Gasteiger partial charge is 0.163 e. The van der Waals surface area contributed by atoms with Gasteiger partial charge in [-0.2, -0.15) is 0 Å². The van der Waals surface area contributed by atoms with Crippen LogP contribution in [0.15, 0.2) is 30.6 Å².